The van der Waals surface area contributed by atoms with Crippen molar-refractivity contribution in [1.82, 2.24) is 10.2 Å². The van der Waals surface area contributed by atoms with Crippen LogP contribution in [0, 0.1) is 5.82 Å². The largest absolute Gasteiger partial charge is 0.491 e. The van der Waals surface area contributed by atoms with E-state index in [-0.39, 0.29) is 11.9 Å². The van der Waals surface area contributed by atoms with Gasteiger partial charge in [-0.25, -0.2) is 4.39 Å². The van der Waals surface area contributed by atoms with Crippen LogP contribution in [-0.4, -0.2) is 38.2 Å². The highest BCUT2D eigenvalue weighted by molar-refractivity contribution is 5.31. The van der Waals surface area contributed by atoms with E-state index in [9.17, 15) is 4.39 Å². The molecular formula is C15H23FN2O. The van der Waals surface area contributed by atoms with Gasteiger partial charge in [-0.15, -0.1) is 0 Å². The third-order valence-corrected chi connectivity index (χ3v) is 3.44. The van der Waals surface area contributed by atoms with Crippen molar-refractivity contribution in [2.45, 2.75) is 31.8 Å². The van der Waals surface area contributed by atoms with E-state index in [1.165, 1.54) is 12.8 Å². The van der Waals surface area contributed by atoms with E-state index >= 15 is 0 Å². The molecule has 1 unspecified atom stereocenters. The summed E-state index contributed by atoms with van der Waals surface area (Å²) in [5.41, 5.74) is 0.985. The zero-order chi connectivity index (χ0) is 13.8. The topological polar surface area (TPSA) is 24.5 Å². The molecule has 1 N–H and O–H groups in total. The molecule has 1 aliphatic carbocycles. The predicted molar refractivity (Wildman–Crippen MR) is 75.0 cm³/mol. The van der Waals surface area contributed by atoms with Crippen molar-refractivity contribution in [3.05, 3.63) is 29.6 Å². The van der Waals surface area contributed by atoms with Gasteiger partial charge in [0.1, 0.15) is 0 Å². The van der Waals surface area contributed by atoms with Gasteiger partial charge in [0, 0.05) is 18.6 Å². The molecule has 0 radical (unpaired) electrons. The highest BCUT2D eigenvalue weighted by atomic mass is 19.1. The maximum absolute atomic E-state index is 13.9. The van der Waals surface area contributed by atoms with Crippen LogP contribution >= 0.6 is 0 Å². The lowest BCUT2D eigenvalue weighted by Crippen LogP contribution is -2.32. The average Bonchev–Trinajstić information content (AvgIpc) is 3.16. The fraction of sp³-hybridized carbons (Fsp3) is 0.600. The van der Waals surface area contributed by atoms with Crippen LogP contribution in [0.3, 0.4) is 0 Å². The first-order valence-corrected chi connectivity index (χ1v) is 6.94. The SMILES string of the molecule is CCOc1ccc(C(CNC2CC2)N(C)C)cc1F. The van der Waals surface area contributed by atoms with Crippen molar-refractivity contribution >= 4 is 0 Å². The standard InChI is InChI=1S/C15H23FN2O/c1-4-19-15-8-5-11(9-13(15)16)14(18(2)3)10-17-12-6-7-12/h5,8-9,12,14,17H,4,6-7,10H2,1-3H3. The van der Waals surface area contributed by atoms with E-state index in [0.29, 0.717) is 18.4 Å². The molecule has 106 valence electrons. The lowest BCUT2D eigenvalue weighted by atomic mass is 10.1. The van der Waals surface area contributed by atoms with E-state index in [0.717, 1.165) is 12.1 Å². The summed E-state index contributed by atoms with van der Waals surface area (Å²) in [7, 11) is 4.04. The van der Waals surface area contributed by atoms with E-state index in [4.69, 9.17) is 4.74 Å². The smallest absolute Gasteiger partial charge is 0.165 e. The zero-order valence-corrected chi connectivity index (χ0v) is 11.9. The number of ether oxygens (including phenoxy) is 1. The minimum absolute atomic E-state index is 0.186. The number of halogens is 1. The van der Waals surface area contributed by atoms with E-state index in [1.54, 1.807) is 12.1 Å². The second kappa shape index (κ2) is 6.35. The number of rotatable bonds is 7. The summed E-state index contributed by atoms with van der Waals surface area (Å²) in [6, 6.07) is 6.11. The molecular weight excluding hydrogens is 243 g/mol. The quantitative estimate of drug-likeness (QED) is 0.821. The number of hydrogen-bond donors (Lipinski definition) is 1. The van der Waals surface area contributed by atoms with Crippen LogP contribution in [0.15, 0.2) is 18.2 Å². The molecule has 1 saturated carbocycles. The molecule has 0 aromatic heterocycles. The van der Waals surface area contributed by atoms with Crippen molar-refractivity contribution in [2.24, 2.45) is 0 Å². The Labute approximate surface area is 114 Å². The number of nitrogens with one attached hydrogen (secondary N) is 1. The first kappa shape index (κ1) is 14.3. The van der Waals surface area contributed by atoms with Gasteiger partial charge in [0.25, 0.3) is 0 Å². The molecule has 1 aromatic carbocycles. The second-order valence-corrected chi connectivity index (χ2v) is 5.28. The molecule has 19 heavy (non-hydrogen) atoms. The van der Waals surface area contributed by atoms with Crippen molar-refractivity contribution in [3.8, 4) is 5.75 Å². The number of hydrogen-bond acceptors (Lipinski definition) is 3. The van der Waals surface area contributed by atoms with Crippen LogP contribution in [0.5, 0.6) is 5.75 Å². The van der Waals surface area contributed by atoms with Crippen LogP contribution in [-0.2, 0) is 0 Å². The van der Waals surface area contributed by atoms with Gasteiger partial charge >= 0.3 is 0 Å². The number of likely N-dealkylation sites (N-methyl/N-ethyl adjacent to an activating group) is 1. The van der Waals surface area contributed by atoms with Crippen LogP contribution in [0.25, 0.3) is 0 Å². The minimum Gasteiger partial charge on any atom is -0.491 e. The molecule has 1 fully saturated rings. The van der Waals surface area contributed by atoms with Crippen LogP contribution in [0.1, 0.15) is 31.4 Å². The molecule has 0 saturated heterocycles. The predicted octanol–water partition coefficient (Wildman–Crippen LogP) is 2.58. The molecule has 0 spiro atoms. The van der Waals surface area contributed by atoms with E-state index < -0.39 is 0 Å². The molecule has 1 aromatic rings. The maximum Gasteiger partial charge on any atom is 0.165 e. The molecule has 4 heteroatoms. The maximum atomic E-state index is 13.9. The summed E-state index contributed by atoms with van der Waals surface area (Å²) in [5.74, 6) is 0.0523. The van der Waals surface area contributed by atoms with Crippen LogP contribution < -0.4 is 10.1 Å². The molecule has 3 nitrogen and oxygen atoms in total. The van der Waals surface area contributed by atoms with Gasteiger partial charge in [-0.1, -0.05) is 6.07 Å². The molecule has 0 aliphatic heterocycles. The summed E-state index contributed by atoms with van der Waals surface area (Å²) in [6.07, 6.45) is 2.52. The highest BCUT2D eigenvalue weighted by Crippen LogP contribution is 2.26. The molecule has 0 bridgehead atoms. The highest BCUT2D eigenvalue weighted by Gasteiger charge is 2.23. The first-order valence-electron chi connectivity index (χ1n) is 6.94. The summed E-state index contributed by atoms with van der Waals surface area (Å²) in [5, 5.41) is 3.50. The summed E-state index contributed by atoms with van der Waals surface area (Å²) >= 11 is 0. The molecule has 1 aliphatic rings. The van der Waals surface area contributed by atoms with Crippen molar-refractivity contribution in [2.75, 3.05) is 27.2 Å². The fourth-order valence-electron chi connectivity index (χ4n) is 2.16. The summed E-state index contributed by atoms with van der Waals surface area (Å²) in [6.45, 7) is 3.19. The monoisotopic (exact) mass is 266 g/mol. The summed E-state index contributed by atoms with van der Waals surface area (Å²) in [4.78, 5) is 2.12. The Bertz CT molecular complexity index is 419. The molecule has 2 rings (SSSR count). The minimum atomic E-state index is -0.280. The molecule has 0 heterocycles. The Morgan fingerprint density at radius 2 is 2.16 bits per heavy atom. The Kier molecular flexibility index (Phi) is 4.77. The van der Waals surface area contributed by atoms with Crippen LogP contribution in [0.2, 0.25) is 0 Å². The van der Waals surface area contributed by atoms with E-state index in [1.807, 2.05) is 27.1 Å². The lowest BCUT2D eigenvalue weighted by Gasteiger charge is -2.25. The third kappa shape index (κ3) is 3.91. The molecule has 0 amide bonds. The summed E-state index contributed by atoms with van der Waals surface area (Å²) < 4.78 is 19.1. The van der Waals surface area contributed by atoms with Gasteiger partial charge in [-0.3, -0.25) is 0 Å². The number of nitrogens with zero attached hydrogens (tertiary/aromatic N) is 1. The first-order chi connectivity index (χ1) is 9.11. The van der Waals surface area contributed by atoms with Gasteiger partial charge in [-0.05, 0) is 51.6 Å². The lowest BCUT2D eigenvalue weighted by molar-refractivity contribution is 0.285. The number of benzene rings is 1. The van der Waals surface area contributed by atoms with Gasteiger partial charge in [0.2, 0.25) is 0 Å². The average molecular weight is 266 g/mol. The van der Waals surface area contributed by atoms with Gasteiger partial charge in [0.15, 0.2) is 11.6 Å². The van der Waals surface area contributed by atoms with Crippen molar-refractivity contribution in [1.29, 1.82) is 0 Å². The Balaban J connectivity index is 2.08. The van der Waals surface area contributed by atoms with E-state index in [2.05, 4.69) is 10.2 Å². The van der Waals surface area contributed by atoms with Crippen molar-refractivity contribution < 1.29 is 9.13 Å². The zero-order valence-electron chi connectivity index (χ0n) is 11.9. The molecule has 1 atom stereocenters. The second-order valence-electron chi connectivity index (χ2n) is 5.28. The van der Waals surface area contributed by atoms with Gasteiger partial charge in [0.05, 0.1) is 6.61 Å². The Morgan fingerprint density at radius 1 is 1.42 bits per heavy atom. The van der Waals surface area contributed by atoms with Crippen LogP contribution in [0.4, 0.5) is 4.39 Å². The normalized spacial score (nSPS) is 16.7. The van der Waals surface area contributed by atoms with Crippen molar-refractivity contribution in [3.63, 3.8) is 0 Å². The third-order valence-electron chi connectivity index (χ3n) is 3.44. The fourth-order valence-corrected chi connectivity index (χ4v) is 2.16. The Morgan fingerprint density at radius 3 is 2.68 bits per heavy atom. The Hall–Kier alpha value is -1.13. The van der Waals surface area contributed by atoms with Gasteiger partial charge in [-0.2, -0.15) is 0 Å². The van der Waals surface area contributed by atoms with Gasteiger partial charge < -0.3 is 15.0 Å².